The van der Waals surface area contributed by atoms with Gasteiger partial charge >= 0.3 is 5.97 Å². The summed E-state index contributed by atoms with van der Waals surface area (Å²) in [6, 6.07) is 7.41. The van der Waals surface area contributed by atoms with Gasteiger partial charge in [-0.25, -0.2) is 14.8 Å². The molecule has 0 N–H and O–H groups in total. The fourth-order valence-corrected chi connectivity index (χ4v) is 3.14. The largest absolute Gasteiger partial charge is 0.454 e. The number of halogens is 2. The lowest BCUT2D eigenvalue weighted by Crippen LogP contribution is -2.25. The molecule has 0 aliphatic rings. The minimum Gasteiger partial charge on any atom is -0.454 e. The standard InChI is InChI=1S/C16H16Cl2N2O2S/c1-9-12(23-11-8-6-5-7-10(11)17)13(18)20-14(19-9)15(21)22-16(2,3)4/h5-8H,1-4H3. The summed E-state index contributed by atoms with van der Waals surface area (Å²) < 4.78 is 5.26. The molecular formula is C16H16Cl2N2O2S. The van der Waals surface area contributed by atoms with Crippen LogP contribution >= 0.6 is 35.0 Å². The summed E-state index contributed by atoms with van der Waals surface area (Å²) in [6.07, 6.45) is 0. The van der Waals surface area contributed by atoms with E-state index in [0.717, 1.165) is 4.90 Å². The molecule has 0 saturated heterocycles. The van der Waals surface area contributed by atoms with Crippen molar-refractivity contribution in [3.8, 4) is 0 Å². The highest BCUT2D eigenvalue weighted by atomic mass is 35.5. The maximum Gasteiger partial charge on any atom is 0.376 e. The average molecular weight is 371 g/mol. The summed E-state index contributed by atoms with van der Waals surface area (Å²) in [7, 11) is 0. The fourth-order valence-electron chi connectivity index (χ4n) is 1.70. The molecule has 7 heteroatoms. The molecule has 0 fully saturated rings. The highest BCUT2D eigenvalue weighted by Crippen LogP contribution is 2.37. The molecule has 0 bridgehead atoms. The Morgan fingerprint density at radius 3 is 2.39 bits per heavy atom. The molecule has 0 saturated carbocycles. The Labute approximate surface area is 149 Å². The van der Waals surface area contributed by atoms with Crippen LogP contribution in [-0.2, 0) is 4.74 Å². The Bertz CT molecular complexity index is 722. The van der Waals surface area contributed by atoms with E-state index in [-0.39, 0.29) is 11.0 Å². The number of carbonyl (C=O) groups is 1. The van der Waals surface area contributed by atoms with Crippen molar-refractivity contribution in [1.82, 2.24) is 9.97 Å². The van der Waals surface area contributed by atoms with Crippen LogP contribution in [0.15, 0.2) is 34.1 Å². The first-order valence-corrected chi connectivity index (χ1v) is 8.44. The van der Waals surface area contributed by atoms with Crippen molar-refractivity contribution >= 4 is 40.9 Å². The molecule has 0 aliphatic heterocycles. The third-order valence-corrected chi connectivity index (χ3v) is 4.72. The van der Waals surface area contributed by atoms with Crippen LogP contribution in [0.2, 0.25) is 10.2 Å². The Morgan fingerprint density at radius 2 is 1.83 bits per heavy atom. The molecule has 2 aromatic rings. The predicted molar refractivity (Wildman–Crippen MR) is 92.5 cm³/mol. The Balaban J connectivity index is 2.31. The van der Waals surface area contributed by atoms with Crippen molar-refractivity contribution in [3.05, 3.63) is 46.0 Å². The number of carbonyl (C=O) groups excluding carboxylic acids is 1. The van der Waals surface area contributed by atoms with E-state index >= 15 is 0 Å². The molecule has 0 spiro atoms. The van der Waals surface area contributed by atoms with Crippen LogP contribution in [0.1, 0.15) is 37.1 Å². The quantitative estimate of drug-likeness (QED) is 0.548. The van der Waals surface area contributed by atoms with Gasteiger partial charge in [0.15, 0.2) is 0 Å². The van der Waals surface area contributed by atoms with E-state index in [1.165, 1.54) is 11.8 Å². The van der Waals surface area contributed by atoms with Crippen LogP contribution in [0.4, 0.5) is 0 Å². The Morgan fingerprint density at radius 1 is 1.17 bits per heavy atom. The van der Waals surface area contributed by atoms with Gasteiger partial charge in [0.05, 0.1) is 15.6 Å². The molecule has 0 radical (unpaired) electrons. The number of esters is 1. The molecule has 2 rings (SSSR count). The summed E-state index contributed by atoms with van der Waals surface area (Å²) in [5.41, 5.74) is -0.0259. The van der Waals surface area contributed by atoms with Crippen molar-refractivity contribution in [2.24, 2.45) is 0 Å². The molecule has 0 atom stereocenters. The van der Waals surface area contributed by atoms with Crippen molar-refractivity contribution in [3.63, 3.8) is 0 Å². The monoisotopic (exact) mass is 370 g/mol. The van der Waals surface area contributed by atoms with Gasteiger partial charge in [0.2, 0.25) is 5.82 Å². The first-order chi connectivity index (χ1) is 10.7. The van der Waals surface area contributed by atoms with Gasteiger partial charge in [0, 0.05) is 4.90 Å². The van der Waals surface area contributed by atoms with Gasteiger partial charge in [0.1, 0.15) is 10.8 Å². The lowest BCUT2D eigenvalue weighted by atomic mass is 10.2. The zero-order valence-corrected chi connectivity index (χ0v) is 15.5. The maximum absolute atomic E-state index is 12.1. The number of aryl methyl sites for hydroxylation is 1. The van der Waals surface area contributed by atoms with Crippen molar-refractivity contribution in [2.75, 3.05) is 0 Å². The van der Waals surface area contributed by atoms with E-state index in [4.69, 9.17) is 27.9 Å². The topological polar surface area (TPSA) is 52.1 Å². The van der Waals surface area contributed by atoms with Gasteiger partial charge < -0.3 is 4.74 Å². The molecule has 122 valence electrons. The van der Waals surface area contributed by atoms with Gasteiger partial charge in [-0.3, -0.25) is 0 Å². The van der Waals surface area contributed by atoms with Crippen LogP contribution in [0, 0.1) is 6.92 Å². The Hall–Kier alpha value is -1.30. The van der Waals surface area contributed by atoms with Crippen LogP contribution < -0.4 is 0 Å². The van der Waals surface area contributed by atoms with Crippen LogP contribution in [-0.4, -0.2) is 21.5 Å². The number of benzene rings is 1. The van der Waals surface area contributed by atoms with Crippen molar-refractivity contribution in [1.29, 1.82) is 0 Å². The SMILES string of the molecule is Cc1nc(C(=O)OC(C)(C)C)nc(Cl)c1Sc1ccccc1Cl. The predicted octanol–water partition coefficient (Wildman–Crippen LogP) is 5.20. The minimum atomic E-state index is -0.619. The van der Waals surface area contributed by atoms with Crippen LogP contribution in [0.3, 0.4) is 0 Å². The maximum atomic E-state index is 12.1. The highest BCUT2D eigenvalue weighted by Gasteiger charge is 2.22. The van der Waals surface area contributed by atoms with Gasteiger partial charge in [-0.05, 0) is 39.8 Å². The second kappa shape index (κ2) is 7.07. The lowest BCUT2D eigenvalue weighted by Gasteiger charge is -2.19. The third-order valence-electron chi connectivity index (χ3n) is 2.62. The number of rotatable bonds is 3. The van der Waals surface area contributed by atoms with Crippen LogP contribution in [0.5, 0.6) is 0 Å². The minimum absolute atomic E-state index is 0.0501. The number of aromatic nitrogens is 2. The molecule has 0 amide bonds. The third kappa shape index (κ3) is 4.83. The number of hydrogen-bond donors (Lipinski definition) is 0. The lowest BCUT2D eigenvalue weighted by molar-refractivity contribution is 0.00550. The molecule has 4 nitrogen and oxygen atoms in total. The first-order valence-electron chi connectivity index (χ1n) is 6.87. The van der Waals surface area contributed by atoms with Gasteiger partial charge in [-0.1, -0.05) is 47.1 Å². The van der Waals surface area contributed by atoms with Gasteiger partial charge in [-0.15, -0.1) is 0 Å². The summed E-state index contributed by atoms with van der Waals surface area (Å²) in [4.78, 5) is 21.8. The van der Waals surface area contributed by atoms with Crippen molar-refractivity contribution in [2.45, 2.75) is 43.1 Å². The van der Waals surface area contributed by atoms with Gasteiger partial charge in [-0.2, -0.15) is 0 Å². The average Bonchev–Trinajstić information content (AvgIpc) is 2.42. The van der Waals surface area contributed by atoms with E-state index in [1.54, 1.807) is 33.8 Å². The summed E-state index contributed by atoms with van der Waals surface area (Å²) in [5, 5.41) is 0.812. The normalized spacial score (nSPS) is 11.4. The van der Waals surface area contributed by atoms with Gasteiger partial charge in [0.25, 0.3) is 0 Å². The highest BCUT2D eigenvalue weighted by molar-refractivity contribution is 7.99. The molecule has 23 heavy (non-hydrogen) atoms. The second-order valence-corrected chi connectivity index (χ2v) is 7.60. The Kier molecular flexibility index (Phi) is 5.55. The van der Waals surface area contributed by atoms with E-state index < -0.39 is 11.6 Å². The summed E-state index contributed by atoms with van der Waals surface area (Å²) in [5.74, 6) is -0.650. The van der Waals surface area contributed by atoms with E-state index in [1.807, 2.05) is 18.2 Å². The fraction of sp³-hybridized carbons (Fsp3) is 0.312. The number of nitrogens with zero attached hydrogens (tertiary/aromatic N) is 2. The van der Waals surface area contributed by atoms with Crippen molar-refractivity contribution < 1.29 is 9.53 Å². The smallest absolute Gasteiger partial charge is 0.376 e. The number of ether oxygens (including phenoxy) is 1. The molecule has 0 unspecified atom stereocenters. The second-order valence-electron chi connectivity index (χ2n) is 5.79. The molecule has 0 aliphatic carbocycles. The number of hydrogen-bond acceptors (Lipinski definition) is 5. The molecule has 1 aromatic carbocycles. The van der Waals surface area contributed by atoms with E-state index in [9.17, 15) is 4.79 Å². The zero-order valence-electron chi connectivity index (χ0n) is 13.2. The summed E-state index contributed by atoms with van der Waals surface area (Å²) in [6.45, 7) is 7.10. The summed E-state index contributed by atoms with van der Waals surface area (Å²) >= 11 is 13.7. The van der Waals surface area contributed by atoms with E-state index in [0.29, 0.717) is 15.6 Å². The molecule has 1 aromatic heterocycles. The van der Waals surface area contributed by atoms with Crippen LogP contribution in [0.25, 0.3) is 0 Å². The first kappa shape index (κ1) is 18.0. The molecular weight excluding hydrogens is 355 g/mol. The van der Waals surface area contributed by atoms with E-state index in [2.05, 4.69) is 9.97 Å². The molecule has 1 heterocycles. The zero-order chi connectivity index (χ0) is 17.2.